The summed E-state index contributed by atoms with van der Waals surface area (Å²) >= 11 is 0. The molecule has 0 saturated carbocycles. The van der Waals surface area contributed by atoms with E-state index in [9.17, 15) is 14.7 Å². The van der Waals surface area contributed by atoms with E-state index in [0.717, 1.165) is 32.1 Å². The Morgan fingerprint density at radius 3 is 2.11 bits per heavy atom. The Labute approximate surface area is 166 Å². The molecule has 0 aliphatic rings. The van der Waals surface area contributed by atoms with Crippen molar-refractivity contribution >= 4 is 11.8 Å². The van der Waals surface area contributed by atoms with Crippen LogP contribution >= 0.6 is 0 Å². The fourth-order valence-electron chi connectivity index (χ4n) is 2.77. The summed E-state index contributed by atoms with van der Waals surface area (Å²) in [6.45, 7) is 3.42. The number of rotatable bonds is 18. The molecule has 0 heterocycles. The molecular weight excluding hydrogens is 340 g/mol. The molecule has 0 aromatic heterocycles. The highest BCUT2D eigenvalue weighted by Crippen LogP contribution is 2.10. The van der Waals surface area contributed by atoms with Gasteiger partial charge < -0.3 is 9.84 Å². The Morgan fingerprint density at radius 1 is 0.889 bits per heavy atom. The minimum atomic E-state index is -0.876. The molecule has 27 heavy (non-hydrogen) atoms. The van der Waals surface area contributed by atoms with Gasteiger partial charge in [0.15, 0.2) is 0 Å². The second-order valence-electron chi connectivity index (χ2n) is 7.18. The van der Waals surface area contributed by atoms with Crippen molar-refractivity contribution in [2.24, 2.45) is 0 Å². The van der Waals surface area contributed by atoms with Gasteiger partial charge in [0.1, 0.15) is 12.4 Å². The normalized spacial score (nSPS) is 12.7. The average Bonchev–Trinajstić information content (AvgIpc) is 2.63. The van der Waals surface area contributed by atoms with Gasteiger partial charge in [-0.2, -0.15) is 0 Å². The van der Waals surface area contributed by atoms with Crippen LogP contribution in [-0.2, 0) is 14.3 Å². The van der Waals surface area contributed by atoms with E-state index in [-0.39, 0.29) is 18.8 Å². The van der Waals surface area contributed by atoms with Gasteiger partial charge in [-0.05, 0) is 38.5 Å². The predicted molar refractivity (Wildman–Crippen MR) is 112 cm³/mol. The Hall–Kier alpha value is -1.42. The van der Waals surface area contributed by atoms with Crippen LogP contribution in [0.3, 0.4) is 0 Å². The Balaban J connectivity index is 3.40. The topological polar surface area (TPSA) is 63.6 Å². The van der Waals surface area contributed by atoms with Crippen molar-refractivity contribution in [1.29, 1.82) is 0 Å². The largest absolute Gasteiger partial charge is 0.463 e. The maximum atomic E-state index is 11.7. The number of hydrogen-bond donors (Lipinski definition) is 1. The van der Waals surface area contributed by atoms with Crippen molar-refractivity contribution in [3.05, 3.63) is 24.3 Å². The number of ketones is 1. The maximum Gasteiger partial charge on any atom is 0.302 e. The van der Waals surface area contributed by atoms with Crippen LogP contribution in [0.15, 0.2) is 24.3 Å². The van der Waals surface area contributed by atoms with Gasteiger partial charge in [-0.1, -0.05) is 63.3 Å². The molecule has 0 aliphatic heterocycles. The molecule has 0 radical (unpaired) electrons. The molecule has 0 aromatic carbocycles. The number of unbranched alkanes of at least 4 members (excludes halogenated alkanes) is 8. The first-order valence-corrected chi connectivity index (χ1v) is 10.7. The summed E-state index contributed by atoms with van der Waals surface area (Å²) in [5, 5.41) is 9.59. The van der Waals surface area contributed by atoms with Crippen molar-refractivity contribution in [3.8, 4) is 0 Å². The van der Waals surface area contributed by atoms with Crippen molar-refractivity contribution in [3.63, 3.8) is 0 Å². The number of aliphatic hydroxyl groups excluding tert-OH is 1. The molecule has 0 aliphatic carbocycles. The maximum absolute atomic E-state index is 11.7. The van der Waals surface area contributed by atoms with Crippen LogP contribution in [0.1, 0.15) is 97.3 Å². The number of aliphatic hydroxyl groups is 1. The summed E-state index contributed by atoms with van der Waals surface area (Å²) in [5.41, 5.74) is 0. The SMILES string of the molecule is CCCCCC=CCC=CCCCCCCCC(=O)C[C@H](O)COC(C)=O. The second kappa shape index (κ2) is 19.3. The van der Waals surface area contributed by atoms with Gasteiger partial charge in [0, 0.05) is 19.8 Å². The standard InChI is InChI=1S/C23H40O4/c1-3-4-5-6-7-8-9-10-11-12-13-14-15-16-17-18-22(25)19-23(26)20-27-21(2)24/h7-8,10-11,23,26H,3-6,9,12-20H2,1-2H3/t23-/m0/s1. The van der Waals surface area contributed by atoms with Gasteiger partial charge >= 0.3 is 5.97 Å². The van der Waals surface area contributed by atoms with Gasteiger partial charge in [0.25, 0.3) is 0 Å². The summed E-state index contributed by atoms with van der Waals surface area (Å²) in [4.78, 5) is 22.4. The molecule has 0 amide bonds. The highest BCUT2D eigenvalue weighted by atomic mass is 16.5. The zero-order valence-electron chi connectivity index (χ0n) is 17.5. The monoisotopic (exact) mass is 380 g/mol. The molecule has 4 heteroatoms. The second-order valence-corrected chi connectivity index (χ2v) is 7.18. The quantitative estimate of drug-likeness (QED) is 0.189. The third-order valence-corrected chi connectivity index (χ3v) is 4.35. The number of hydrogen-bond acceptors (Lipinski definition) is 4. The van der Waals surface area contributed by atoms with Gasteiger partial charge in [-0.25, -0.2) is 0 Å². The summed E-state index contributed by atoms with van der Waals surface area (Å²) < 4.78 is 4.69. The minimum Gasteiger partial charge on any atom is -0.463 e. The third-order valence-electron chi connectivity index (χ3n) is 4.35. The molecule has 1 atom stereocenters. The van der Waals surface area contributed by atoms with E-state index in [2.05, 4.69) is 36.0 Å². The van der Waals surface area contributed by atoms with Crippen molar-refractivity contribution in [1.82, 2.24) is 0 Å². The van der Waals surface area contributed by atoms with Crippen LogP contribution in [-0.4, -0.2) is 29.6 Å². The van der Waals surface area contributed by atoms with Crippen LogP contribution in [0.5, 0.6) is 0 Å². The molecule has 0 saturated heterocycles. The van der Waals surface area contributed by atoms with Crippen molar-refractivity contribution < 1.29 is 19.4 Å². The Kier molecular flexibility index (Phi) is 18.3. The van der Waals surface area contributed by atoms with E-state index in [1.807, 2.05) is 0 Å². The van der Waals surface area contributed by atoms with Gasteiger partial charge in [0.2, 0.25) is 0 Å². The minimum absolute atomic E-state index is 0.0420. The summed E-state index contributed by atoms with van der Waals surface area (Å²) in [6, 6.07) is 0. The van der Waals surface area contributed by atoms with Crippen LogP contribution in [0.2, 0.25) is 0 Å². The van der Waals surface area contributed by atoms with E-state index >= 15 is 0 Å². The third kappa shape index (κ3) is 20.7. The number of carbonyl (C=O) groups is 2. The first-order valence-electron chi connectivity index (χ1n) is 10.7. The predicted octanol–water partition coefficient (Wildman–Crippen LogP) is 5.68. The molecule has 0 fully saturated rings. The number of carbonyl (C=O) groups excluding carboxylic acids is 2. The van der Waals surface area contributed by atoms with Gasteiger partial charge in [-0.15, -0.1) is 0 Å². The number of allylic oxidation sites excluding steroid dienone is 4. The van der Waals surface area contributed by atoms with Gasteiger partial charge in [-0.3, -0.25) is 9.59 Å². The summed E-state index contributed by atoms with van der Waals surface area (Å²) in [7, 11) is 0. The Bertz CT molecular complexity index is 426. The number of Topliss-reactive ketones (excluding diaryl/α,β-unsaturated/α-hetero) is 1. The van der Waals surface area contributed by atoms with Crippen LogP contribution < -0.4 is 0 Å². The highest BCUT2D eigenvalue weighted by Gasteiger charge is 2.11. The average molecular weight is 381 g/mol. The van der Waals surface area contributed by atoms with E-state index in [4.69, 9.17) is 0 Å². The first kappa shape index (κ1) is 25.6. The lowest BCUT2D eigenvalue weighted by Crippen LogP contribution is -2.20. The molecule has 0 spiro atoms. The van der Waals surface area contributed by atoms with Crippen LogP contribution in [0, 0.1) is 0 Å². The van der Waals surface area contributed by atoms with Crippen molar-refractivity contribution in [2.75, 3.05) is 6.61 Å². The molecule has 0 bridgehead atoms. The molecule has 0 unspecified atom stereocenters. The molecule has 1 N–H and O–H groups in total. The van der Waals surface area contributed by atoms with Gasteiger partial charge in [0.05, 0.1) is 6.10 Å². The van der Waals surface area contributed by atoms with E-state index in [1.165, 1.54) is 45.4 Å². The lowest BCUT2D eigenvalue weighted by Gasteiger charge is -2.09. The number of ether oxygens (including phenoxy) is 1. The zero-order valence-corrected chi connectivity index (χ0v) is 17.5. The molecule has 0 rings (SSSR count). The van der Waals surface area contributed by atoms with Crippen molar-refractivity contribution in [2.45, 2.75) is 103 Å². The van der Waals surface area contributed by atoms with Crippen LogP contribution in [0.25, 0.3) is 0 Å². The van der Waals surface area contributed by atoms with E-state index in [1.54, 1.807) is 0 Å². The Morgan fingerprint density at radius 2 is 1.48 bits per heavy atom. The first-order chi connectivity index (χ1) is 13.1. The van der Waals surface area contributed by atoms with Crippen LogP contribution in [0.4, 0.5) is 0 Å². The fourth-order valence-corrected chi connectivity index (χ4v) is 2.77. The highest BCUT2D eigenvalue weighted by molar-refractivity contribution is 5.78. The number of esters is 1. The summed E-state index contributed by atoms with van der Waals surface area (Å²) in [6.07, 6.45) is 21.5. The zero-order chi connectivity index (χ0) is 20.2. The molecule has 4 nitrogen and oxygen atoms in total. The van der Waals surface area contributed by atoms with E-state index in [0.29, 0.717) is 6.42 Å². The molecule has 0 aromatic rings. The van der Waals surface area contributed by atoms with E-state index < -0.39 is 12.1 Å². The summed E-state index contributed by atoms with van der Waals surface area (Å²) in [5.74, 6) is -0.393. The molecular formula is C23H40O4. The fraction of sp³-hybridized carbons (Fsp3) is 0.739. The lowest BCUT2D eigenvalue weighted by molar-refractivity contribution is -0.145. The lowest BCUT2D eigenvalue weighted by atomic mass is 10.0. The molecule has 156 valence electrons. The smallest absolute Gasteiger partial charge is 0.302 e.